The number of unbranched alkanes of at least 4 members (excludes halogenated alkanes) is 1. The molecule has 1 aromatic carbocycles. The Kier molecular flexibility index (Phi) is 7.59. The van der Waals surface area contributed by atoms with Gasteiger partial charge in [-0.25, -0.2) is 4.79 Å². The number of hydrogen-bond acceptors (Lipinski definition) is 3. The summed E-state index contributed by atoms with van der Waals surface area (Å²) >= 11 is 6.68. The number of halogens is 2. The van der Waals surface area contributed by atoms with Crippen LogP contribution in [0, 0.1) is 5.92 Å². The van der Waals surface area contributed by atoms with Crippen LogP contribution in [-0.2, 0) is 4.74 Å². The first-order chi connectivity index (χ1) is 9.49. The van der Waals surface area contributed by atoms with Crippen molar-refractivity contribution in [3.05, 3.63) is 26.6 Å². The van der Waals surface area contributed by atoms with Crippen LogP contribution < -0.4 is 5.73 Å². The van der Waals surface area contributed by atoms with Crippen molar-refractivity contribution in [1.29, 1.82) is 0 Å². The summed E-state index contributed by atoms with van der Waals surface area (Å²) in [6, 6.07) is 3.50. The molecule has 0 bridgehead atoms. The van der Waals surface area contributed by atoms with Crippen molar-refractivity contribution in [2.45, 2.75) is 39.5 Å². The van der Waals surface area contributed by atoms with Gasteiger partial charge in [-0.15, -0.1) is 0 Å². The molecule has 112 valence electrons. The molecule has 1 rings (SSSR count). The van der Waals surface area contributed by atoms with Gasteiger partial charge in [0.2, 0.25) is 0 Å². The molecule has 0 aliphatic carbocycles. The molecule has 0 spiro atoms. The molecule has 20 heavy (non-hydrogen) atoms. The van der Waals surface area contributed by atoms with Crippen LogP contribution in [0.5, 0.6) is 0 Å². The van der Waals surface area contributed by atoms with Crippen molar-refractivity contribution in [2.24, 2.45) is 5.92 Å². The quantitative estimate of drug-likeness (QED) is 0.502. The second-order valence-electron chi connectivity index (χ2n) is 4.86. The number of carbonyl (C=O) groups excluding carboxylic acids is 1. The van der Waals surface area contributed by atoms with Gasteiger partial charge in [-0.2, -0.15) is 0 Å². The Morgan fingerprint density at radius 3 is 2.65 bits per heavy atom. The van der Waals surface area contributed by atoms with Crippen molar-refractivity contribution in [3.8, 4) is 0 Å². The largest absolute Gasteiger partial charge is 0.462 e. The lowest BCUT2D eigenvalue weighted by atomic mass is 10.0. The van der Waals surface area contributed by atoms with Crippen molar-refractivity contribution in [1.82, 2.24) is 0 Å². The first-order valence-electron chi connectivity index (χ1n) is 6.91. The number of esters is 1. The lowest BCUT2D eigenvalue weighted by Gasteiger charge is -2.15. The number of ether oxygens (including phenoxy) is 1. The fraction of sp³-hybridized carbons (Fsp3) is 0.533. The van der Waals surface area contributed by atoms with Gasteiger partial charge in [0.1, 0.15) is 0 Å². The molecule has 0 radical (unpaired) electrons. The highest BCUT2D eigenvalue weighted by molar-refractivity contribution is 9.11. The molecule has 0 aromatic heterocycles. The number of anilines is 1. The van der Waals surface area contributed by atoms with Crippen molar-refractivity contribution in [2.75, 3.05) is 12.3 Å². The van der Waals surface area contributed by atoms with E-state index in [1.807, 2.05) is 6.07 Å². The first kappa shape index (κ1) is 17.5. The highest BCUT2D eigenvalue weighted by Gasteiger charge is 2.16. The molecule has 0 heterocycles. The lowest BCUT2D eigenvalue weighted by Crippen LogP contribution is -2.15. The predicted octanol–water partition coefficient (Wildman–Crippen LogP) is 5.17. The van der Waals surface area contributed by atoms with E-state index in [1.165, 1.54) is 6.42 Å². The van der Waals surface area contributed by atoms with Gasteiger partial charge in [0.15, 0.2) is 0 Å². The molecular weight excluding hydrogens is 386 g/mol. The van der Waals surface area contributed by atoms with Crippen LogP contribution in [-0.4, -0.2) is 12.6 Å². The average molecular weight is 407 g/mol. The summed E-state index contributed by atoms with van der Waals surface area (Å²) in [5.74, 6) is 0.0650. The van der Waals surface area contributed by atoms with Gasteiger partial charge in [0, 0.05) is 8.95 Å². The molecule has 0 saturated carbocycles. The fourth-order valence-electron chi connectivity index (χ4n) is 1.92. The summed E-state index contributed by atoms with van der Waals surface area (Å²) in [5, 5.41) is 0. The third-order valence-electron chi connectivity index (χ3n) is 3.31. The van der Waals surface area contributed by atoms with Crippen LogP contribution in [0.1, 0.15) is 49.9 Å². The molecule has 3 nitrogen and oxygen atoms in total. The number of carbonyl (C=O) groups is 1. The minimum Gasteiger partial charge on any atom is -0.462 e. The summed E-state index contributed by atoms with van der Waals surface area (Å²) in [4.78, 5) is 12.1. The van der Waals surface area contributed by atoms with E-state index in [4.69, 9.17) is 10.5 Å². The monoisotopic (exact) mass is 405 g/mol. The van der Waals surface area contributed by atoms with E-state index in [9.17, 15) is 4.79 Å². The van der Waals surface area contributed by atoms with Crippen LogP contribution in [0.2, 0.25) is 0 Å². The zero-order valence-corrected chi connectivity index (χ0v) is 15.1. The van der Waals surface area contributed by atoms with E-state index in [0.29, 0.717) is 28.2 Å². The third kappa shape index (κ3) is 5.09. The number of benzene rings is 1. The summed E-state index contributed by atoms with van der Waals surface area (Å²) in [6.45, 7) is 4.75. The Labute approximate surface area is 137 Å². The molecule has 1 aromatic rings. The maximum absolute atomic E-state index is 12.1. The minimum absolute atomic E-state index is 0.362. The van der Waals surface area contributed by atoms with Gasteiger partial charge in [0.05, 0.1) is 17.9 Å². The second-order valence-corrected chi connectivity index (χ2v) is 6.63. The van der Waals surface area contributed by atoms with E-state index in [1.54, 1.807) is 6.07 Å². The smallest absolute Gasteiger partial charge is 0.340 e. The van der Waals surface area contributed by atoms with Crippen LogP contribution in [0.4, 0.5) is 5.69 Å². The molecule has 5 heteroatoms. The van der Waals surface area contributed by atoms with Gasteiger partial charge in [-0.05, 0) is 40.4 Å². The van der Waals surface area contributed by atoms with Crippen LogP contribution >= 0.6 is 31.9 Å². The Morgan fingerprint density at radius 2 is 2.05 bits per heavy atom. The molecular formula is C15H21Br2NO2. The van der Waals surface area contributed by atoms with Gasteiger partial charge < -0.3 is 10.5 Å². The zero-order chi connectivity index (χ0) is 15.1. The number of nitrogen functional groups attached to an aromatic ring is 1. The standard InChI is InChI=1S/C15H21Br2NO2/c1-3-5-6-10(4-2)9-20-15(19)12-7-11(16)8-13(17)14(12)18/h7-8,10H,3-6,9,18H2,1-2H3. The molecule has 0 fully saturated rings. The molecule has 0 aliphatic rings. The van der Waals surface area contributed by atoms with Gasteiger partial charge in [0.25, 0.3) is 0 Å². The molecule has 0 aliphatic heterocycles. The number of rotatable bonds is 7. The fourth-order valence-corrected chi connectivity index (χ4v) is 3.15. The van der Waals surface area contributed by atoms with Gasteiger partial charge in [-0.3, -0.25) is 0 Å². The van der Waals surface area contributed by atoms with E-state index in [-0.39, 0.29) is 5.97 Å². The number of hydrogen-bond donors (Lipinski definition) is 1. The molecule has 0 amide bonds. The Bertz CT molecular complexity index is 463. The van der Waals surface area contributed by atoms with Crippen LogP contribution in [0.25, 0.3) is 0 Å². The minimum atomic E-state index is -0.362. The molecule has 2 N–H and O–H groups in total. The summed E-state index contributed by atoms with van der Waals surface area (Å²) in [7, 11) is 0. The summed E-state index contributed by atoms with van der Waals surface area (Å²) in [5.41, 5.74) is 6.72. The summed E-state index contributed by atoms with van der Waals surface area (Å²) in [6.07, 6.45) is 4.44. The topological polar surface area (TPSA) is 52.3 Å². The summed E-state index contributed by atoms with van der Waals surface area (Å²) < 4.78 is 6.89. The van der Waals surface area contributed by atoms with E-state index in [2.05, 4.69) is 45.7 Å². The normalized spacial score (nSPS) is 12.2. The average Bonchev–Trinajstić information content (AvgIpc) is 2.42. The SMILES string of the molecule is CCCCC(CC)COC(=O)c1cc(Br)cc(Br)c1N. The molecule has 1 atom stereocenters. The van der Waals surface area contributed by atoms with E-state index >= 15 is 0 Å². The van der Waals surface area contributed by atoms with Crippen LogP contribution in [0.15, 0.2) is 21.1 Å². The molecule has 0 saturated heterocycles. The van der Waals surface area contributed by atoms with E-state index in [0.717, 1.165) is 23.7 Å². The van der Waals surface area contributed by atoms with Crippen molar-refractivity contribution < 1.29 is 9.53 Å². The van der Waals surface area contributed by atoms with Crippen molar-refractivity contribution in [3.63, 3.8) is 0 Å². The third-order valence-corrected chi connectivity index (χ3v) is 4.42. The molecule has 1 unspecified atom stereocenters. The maximum Gasteiger partial charge on any atom is 0.340 e. The Morgan fingerprint density at radius 1 is 1.35 bits per heavy atom. The number of nitrogens with two attached hydrogens (primary N) is 1. The Balaban J connectivity index is 2.67. The second kappa shape index (κ2) is 8.67. The van der Waals surface area contributed by atoms with E-state index < -0.39 is 0 Å². The van der Waals surface area contributed by atoms with Crippen molar-refractivity contribution >= 4 is 43.5 Å². The maximum atomic E-state index is 12.1. The highest BCUT2D eigenvalue weighted by atomic mass is 79.9. The van der Waals surface area contributed by atoms with Gasteiger partial charge in [-0.1, -0.05) is 49.0 Å². The highest BCUT2D eigenvalue weighted by Crippen LogP contribution is 2.29. The van der Waals surface area contributed by atoms with Gasteiger partial charge >= 0.3 is 5.97 Å². The van der Waals surface area contributed by atoms with Crippen LogP contribution in [0.3, 0.4) is 0 Å². The lowest BCUT2D eigenvalue weighted by molar-refractivity contribution is 0.0429. The zero-order valence-electron chi connectivity index (χ0n) is 11.9. The first-order valence-corrected chi connectivity index (χ1v) is 8.49. The Hall–Kier alpha value is -0.550. The predicted molar refractivity (Wildman–Crippen MR) is 89.8 cm³/mol.